The molecule has 1 heterocycles. The molecule has 0 aromatic heterocycles. The number of rotatable bonds is 4. The highest BCUT2D eigenvalue weighted by Crippen LogP contribution is 2.28. The highest BCUT2D eigenvalue weighted by Gasteiger charge is 2.30. The zero-order chi connectivity index (χ0) is 16.4. The maximum absolute atomic E-state index is 13.7. The van der Waals surface area contributed by atoms with Gasteiger partial charge in [-0.2, -0.15) is 0 Å². The molecule has 5 heteroatoms. The number of carbonyl (C=O) groups excluding carboxylic acids is 1. The van der Waals surface area contributed by atoms with Crippen molar-refractivity contribution in [2.45, 2.75) is 24.3 Å². The molecule has 0 fully saturated rings. The van der Waals surface area contributed by atoms with Gasteiger partial charge in [-0.25, -0.2) is 4.39 Å². The molecule has 0 N–H and O–H groups in total. The van der Waals surface area contributed by atoms with Crippen LogP contribution in [0, 0.1) is 5.82 Å². The molecule has 23 heavy (non-hydrogen) atoms. The van der Waals surface area contributed by atoms with Crippen molar-refractivity contribution >= 4 is 22.4 Å². The molecule has 120 valence electrons. The summed E-state index contributed by atoms with van der Waals surface area (Å²) in [7, 11) is -1.46. The third kappa shape index (κ3) is 3.20. The Kier molecular flexibility index (Phi) is 4.57. The van der Waals surface area contributed by atoms with Crippen molar-refractivity contribution in [3.05, 3.63) is 65.5 Å². The molecule has 1 amide bonds. The van der Waals surface area contributed by atoms with Crippen molar-refractivity contribution < 1.29 is 13.4 Å². The largest absolute Gasteiger partial charge is 0.311 e. The summed E-state index contributed by atoms with van der Waals surface area (Å²) >= 11 is 0. The zero-order valence-corrected chi connectivity index (χ0v) is 13.7. The van der Waals surface area contributed by atoms with Crippen molar-refractivity contribution in [1.29, 1.82) is 0 Å². The third-order valence-electron chi connectivity index (χ3n) is 4.15. The van der Waals surface area contributed by atoms with Gasteiger partial charge < -0.3 is 4.90 Å². The summed E-state index contributed by atoms with van der Waals surface area (Å²) in [6.07, 6.45) is 0.814. The van der Waals surface area contributed by atoms with Gasteiger partial charge in [-0.3, -0.25) is 9.00 Å². The van der Waals surface area contributed by atoms with E-state index in [-0.39, 0.29) is 17.5 Å². The van der Waals surface area contributed by atoms with Crippen LogP contribution in [-0.2, 0) is 27.8 Å². The molecular formula is C18H18FNO2S. The van der Waals surface area contributed by atoms with Gasteiger partial charge in [0.05, 0.1) is 5.75 Å². The Morgan fingerprint density at radius 1 is 1.22 bits per heavy atom. The smallest absolute Gasteiger partial charge is 0.242 e. The lowest BCUT2D eigenvalue weighted by atomic mass is 10.2. The first kappa shape index (κ1) is 15.9. The average molecular weight is 331 g/mol. The van der Waals surface area contributed by atoms with E-state index in [1.165, 1.54) is 6.07 Å². The molecule has 0 saturated carbocycles. The second-order valence-corrected chi connectivity index (χ2v) is 7.38. The van der Waals surface area contributed by atoms with Gasteiger partial charge in [-0.15, -0.1) is 0 Å². The van der Waals surface area contributed by atoms with Crippen molar-refractivity contribution in [3.63, 3.8) is 0 Å². The maximum atomic E-state index is 13.7. The van der Waals surface area contributed by atoms with E-state index in [0.717, 1.165) is 17.7 Å². The molecule has 0 aliphatic carbocycles. The standard InChI is InChI=1S/C18H18FNO2S/c1-13(23(22)12-15-7-2-4-8-16(15)19)18(21)20-11-10-14-6-3-5-9-17(14)20/h2-9,13H,10-12H2,1H3/t13-,23-/m0/s1. The Balaban J connectivity index is 1.73. The van der Waals surface area contributed by atoms with E-state index in [1.807, 2.05) is 24.3 Å². The fourth-order valence-electron chi connectivity index (χ4n) is 2.79. The van der Waals surface area contributed by atoms with Crippen LogP contribution in [0.2, 0.25) is 0 Å². The first-order chi connectivity index (χ1) is 11.1. The summed E-state index contributed by atoms with van der Waals surface area (Å²) in [5.74, 6) is -0.494. The lowest BCUT2D eigenvalue weighted by Crippen LogP contribution is -2.39. The summed E-state index contributed by atoms with van der Waals surface area (Å²) < 4.78 is 26.2. The minimum Gasteiger partial charge on any atom is -0.311 e. The topological polar surface area (TPSA) is 37.4 Å². The molecule has 3 nitrogen and oxygen atoms in total. The van der Waals surface area contributed by atoms with Crippen LogP contribution in [0.15, 0.2) is 48.5 Å². The van der Waals surface area contributed by atoms with Gasteiger partial charge in [0.1, 0.15) is 11.1 Å². The Morgan fingerprint density at radius 3 is 2.70 bits per heavy atom. The van der Waals surface area contributed by atoms with Crippen LogP contribution >= 0.6 is 0 Å². The molecule has 2 aromatic carbocycles. The molecule has 1 aliphatic rings. The Morgan fingerprint density at radius 2 is 1.91 bits per heavy atom. The number of anilines is 1. The summed E-state index contributed by atoms with van der Waals surface area (Å²) in [4.78, 5) is 14.4. The Labute approximate surface area is 137 Å². The summed E-state index contributed by atoms with van der Waals surface area (Å²) in [5, 5.41) is -0.666. The molecule has 2 aromatic rings. The second kappa shape index (κ2) is 6.62. The summed E-state index contributed by atoms with van der Waals surface area (Å²) in [5.41, 5.74) is 2.41. The van der Waals surface area contributed by atoms with Crippen LogP contribution in [0.25, 0.3) is 0 Å². The number of carbonyl (C=O) groups is 1. The van der Waals surface area contributed by atoms with Gasteiger partial charge in [0.25, 0.3) is 0 Å². The molecule has 3 rings (SSSR count). The summed E-state index contributed by atoms with van der Waals surface area (Å²) in [6, 6.07) is 14.0. The molecule has 0 radical (unpaired) electrons. The van der Waals surface area contributed by atoms with Crippen LogP contribution in [0.3, 0.4) is 0 Å². The Hall–Kier alpha value is -2.01. The van der Waals surface area contributed by atoms with Gasteiger partial charge in [0, 0.05) is 28.6 Å². The van der Waals surface area contributed by atoms with Crippen LogP contribution < -0.4 is 4.90 Å². The predicted molar refractivity (Wildman–Crippen MR) is 90.2 cm³/mol. The number of hydrogen-bond acceptors (Lipinski definition) is 2. The lowest BCUT2D eigenvalue weighted by molar-refractivity contribution is -0.117. The number of para-hydroxylation sites is 1. The summed E-state index contributed by atoms with van der Waals surface area (Å²) in [6.45, 7) is 2.26. The molecule has 2 atom stereocenters. The van der Waals surface area contributed by atoms with E-state index in [4.69, 9.17) is 0 Å². The maximum Gasteiger partial charge on any atom is 0.242 e. The van der Waals surface area contributed by atoms with E-state index in [2.05, 4.69) is 0 Å². The number of fused-ring (bicyclic) bond motifs is 1. The van der Waals surface area contributed by atoms with Gasteiger partial charge >= 0.3 is 0 Å². The van der Waals surface area contributed by atoms with Crippen molar-refractivity contribution in [2.24, 2.45) is 0 Å². The third-order valence-corrected chi connectivity index (χ3v) is 5.74. The van der Waals surface area contributed by atoms with Crippen LogP contribution in [-0.4, -0.2) is 21.9 Å². The van der Waals surface area contributed by atoms with Gasteiger partial charge in [-0.1, -0.05) is 36.4 Å². The predicted octanol–water partition coefficient (Wildman–Crippen LogP) is 3.05. The van der Waals surface area contributed by atoms with E-state index < -0.39 is 16.0 Å². The fourth-order valence-corrected chi connectivity index (χ4v) is 3.94. The van der Waals surface area contributed by atoms with Crippen LogP contribution in [0.1, 0.15) is 18.1 Å². The van der Waals surface area contributed by atoms with E-state index in [1.54, 1.807) is 30.0 Å². The molecular weight excluding hydrogens is 313 g/mol. The first-order valence-electron chi connectivity index (χ1n) is 7.58. The molecule has 0 bridgehead atoms. The number of benzene rings is 2. The molecule has 0 saturated heterocycles. The van der Waals surface area contributed by atoms with Crippen molar-refractivity contribution in [3.8, 4) is 0 Å². The highest BCUT2D eigenvalue weighted by atomic mass is 32.2. The Bertz CT molecular complexity index is 762. The zero-order valence-electron chi connectivity index (χ0n) is 12.9. The SMILES string of the molecule is C[C@@H](C(=O)N1CCc2ccccc21)[S@@](=O)Cc1ccccc1F. The van der Waals surface area contributed by atoms with E-state index >= 15 is 0 Å². The average Bonchev–Trinajstić information content (AvgIpc) is 2.99. The van der Waals surface area contributed by atoms with Gasteiger partial charge in [0.2, 0.25) is 5.91 Å². The number of nitrogens with zero attached hydrogens (tertiary/aromatic N) is 1. The highest BCUT2D eigenvalue weighted by molar-refractivity contribution is 7.85. The van der Waals surface area contributed by atoms with Crippen molar-refractivity contribution in [1.82, 2.24) is 0 Å². The van der Waals surface area contributed by atoms with Crippen LogP contribution in [0.4, 0.5) is 10.1 Å². The van der Waals surface area contributed by atoms with E-state index in [0.29, 0.717) is 12.1 Å². The molecule has 1 aliphatic heterocycles. The first-order valence-corrected chi connectivity index (χ1v) is 8.96. The van der Waals surface area contributed by atoms with E-state index in [9.17, 15) is 13.4 Å². The molecule has 0 spiro atoms. The van der Waals surface area contributed by atoms with Crippen molar-refractivity contribution in [2.75, 3.05) is 11.4 Å². The monoisotopic (exact) mass is 331 g/mol. The quantitative estimate of drug-likeness (QED) is 0.863. The minimum atomic E-state index is -1.46. The fraction of sp³-hybridized carbons (Fsp3) is 0.278. The van der Waals surface area contributed by atoms with Crippen LogP contribution in [0.5, 0.6) is 0 Å². The number of halogens is 1. The van der Waals surface area contributed by atoms with Gasteiger partial charge in [0.15, 0.2) is 0 Å². The second-order valence-electron chi connectivity index (χ2n) is 5.63. The number of amides is 1. The molecule has 0 unspecified atom stereocenters. The number of hydrogen-bond donors (Lipinski definition) is 0. The lowest BCUT2D eigenvalue weighted by Gasteiger charge is -2.21. The minimum absolute atomic E-state index is 0.0507. The normalized spacial score (nSPS) is 16.0. The van der Waals surface area contributed by atoms with Gasteiger partial charge in [-0.05, 0) is 31.0 Å².